The number of amides is 1. The molecule has 1 amide bonds. The van der Waals surface area contributed by atoms with Gasteiger partial charge in [0.15, 0.2) is 0 Å². The van der Waals surface area contributed by atoms with E-state index in [4.69, 9.17) is 5.84 Å². The fourth-order valence-electron chi connectivity index (χ4n) is 1.59. The second-order valence-corrected chi connectivity index (χ2v) is 5.28. The zero-order chi connectivity index (χ0) is 11.7. The summed E-state index contributed by atoms with van der Waals surface area (Å²) >= 11 is 1.58. The molecule has 0 aromatic heterocycles. The molecule has 1 aliphatic heterocycles. The zero-order valence-corrected chi connectivity index (χ0v) is 10.1. The van der Waals surface area contributed by atoms with Gasteiger partial charge in [0.05, 0.1) is 10.9 Å². The van der Waals surface area contributed by atoms with Crippen LogP contribution in [-0.4, -0.2) is 11.2 Å². The Morgan fingerprint density at radius 1 is 1.56 bits per heavy atom. The molecule has 1 aromatic carbocycles. The molecule has 2 rings (SSSR count). The van der Waals surface area contributed by atoms with E-state index in [1.165, 1.54) is 0 Å². The van der Waals surface area contributed by atoms with Crippen LogP contribution >= 0.6 is 11.8 Å². The van der Waals surface area contributed by atoms with Crippen LogP contribution < -0.4 is 16.6 Å². The van der Waals surface area contributed by atoms with Gasteiger partial charge >= 0.3 is 0 Å². The molecule has 0 fully saturated rings. The number of nitrogens with one attached hydrogen (secondary N) is 2. The SMILES string of the molecule is CC1Sc2ccc(C(C)NN)cc2NC1=O. The van der Waals surface area contributed by atoms with Gasteiger partial charge in [-0.3, -0.25) is 16.1 Å². The van der Waals surface area contributed by atoms with Gasteiger partial charge in [-0.1, -0.05) is 6.07 Å². The Balaban J connectivity index is 2.32. The van der Waals surface area contributed by atoms with Crippen LogP contribution in [0.15, 0.2) is 23.1 Å². The minimum atomic E-state index is -0.0246. The van der Waals surface area contributed by atoms with Crippen molar-refractivity contribution in [2.75, 3.05) is 5.32 Å². The summed E-state index contributed by atoms with van der Waals surface area (Å²) < 4.78 is 0. The fraction of sp³-hybridized carbons (Fsp3) is 0.364. The van der Waals surface area contributed by atoms with Crippen molar-refractivity contribution in [3.63, 3.8) is 0 Å². The van der Waals surface area contributed by atoms with Crippen LogP contribution in [0.5, 0.6) is 0 Å². The van der Waals surface area contributed by atoms with Crippen molar-refractivity contribution >= 4 is 23.4 Å². The first kappa shape index (κ1) is 11.4. The van der Waals surface area contributed by atoms with Gasteiger partial charge in [-0.2, -0.15) is 0 Å². The number of thioether (sulfide) groups is 1. The summed E-state index contributed by atoms with van der Waals surface area (Å²) in [6.45, 7) is 3.88. The van der Waals surface area contributed by atoms with Gasteiger partial charge in [0.25, 0.3) is 0 Å². The van der Waals surface area contributed by atoms with Crippen molar-refractivity contribution in [1.29, 1.82) is 0 Å². The Labute approximate surface area is 98.9 Å². The van der Waals surface area contributed by atoms with Crippen LogP contribution in [0.1, 0.15) is 25.5 Å². The van der Waals surface area contributed by atoms with E-state index in [1.54, 1.807) is 11.8 Å². The predicted molar refractivity (Wildman–Crippen MR) is 66.1 cm³/mol. The van der Waals surface area contributed by atoms with Crippen molar-refractivity contribution in [3.8, 4) is 0 Å². The summed E-state index contributed by atoms with van der Waals surface area (Å²) in [5.74, 6) is 5.45. The Kier molecular flexibility index (Phi) is 3.18. The molecule has 1 aromatic rings. The first-order valence-electron chi connectivity index (χ1n) is 5.19. The maximum atomic E-state index is 11.5. The smallest absolute Gasteiger partial charge is 0.237 e. The van der Waals surface area contributed by atoms with Gasteiger partial charge in [0, 0.05) is 10.9 Å². The molecule has 0 aliphatic carbocycles. The lowest BCUT2D eigenvalue weighted by atomic mass is 10.1. The summed E-state index contributed by atoms with van der Waals surface area (Å²) in [7, 11) is 0. The predicted octanol–water partition coefficient (Wildman–Crippen LogP) is 1.64. The highest BCUT2D eigenvalue weighted by molar-refractivity contribution is 8.00. The molecule has 4 N–H and O–H groups in total. The zero-order valence-electron chi connectivity index (χ0n) is 9.28. The number of anilines is 1. The van der Waals surface area contributed by atoms with Crippen LogP contribution in [0.3, 0.4) is 0 Å². The highest BCUT2D eigenvalue weighted by Crippen LogP contribution is 2.36. The van der Waals surface area contributed by atoms with E-state index in [0.29, 0.717) is 0 Å². The minimum Gasteiger partial charge on any atom is -0.324 e. The molecule has 86 valence electrons. The van der Waals surface area contributed by atoms with Crippen LogP contribution in [0, 0.1) is 0 Å². The van der Waals surface area contributed by atoms with E-state index < -0.39 is 0 Å². The van der Waals surface area contributed by atoms with Crippen molar-refractivity contribution in [2.45, 2.75) is 30.0 Å². The third kappa shape index (κ3) is 2.07. The van der Waals surface area contributed by atoms with Gasteiger partial charge in [-0.15, -0.1) is 11.8 Å². The van der Waals surface area contributed by atoms with Crippen molar-refractivity contribution in [1.82, 2.24) is 5.43 Å². The molecule has 0 saturated heterocycles. The first-order valence-corrected chi connectivity index (χ1v) is 6.07. The molecule has 0 bridgehead atoms. The highest BCUT2D eigenvalue weighted by Gasteiger charge is 2.23. The summed E-state index contributed by atoms with van der Waals surface area (Å²) in [6.07, 6.45) is 0. The molecule has 2 atom stereocenters. The molecule has 2 unspecified atom stereocenters. The molecule has 1 aliphatic rings. The number of benzene rings is 1. The third-order valence-electron chi connectivity index (χ3n) is 2.68. The standard InChI is InChI=1S/C11H15N3OS/c1-6(14-12)8-3-4-10-9(5-8)13-11(15)7(2)16-10/h3-7,14H,12H2,1-2H3,(H,13,15). The quantitative estimate of drug-likeness (QED) is 0.540. The van der Waals surface area contributed by atoms with Crippen LogP contribution in [0.4, 0.5) is 5.69 Å². The lowest BCUT2D eigenvalue weighted by molar-refractivity contribution is -0.115. The average molecular weight is 237 g/mol. The molecule has 4 nitrogen and oxygen atoms in total. The molecular formula is C11H15N3OS. The molecule has 1 heterocycles. The lowest BCUT2D eigenvalue weighted by Crippen LogP contribution is -2.28. The number of hydrogen-bond donors (Lipinski definition) is 3. The van der Waals surface area contributed by atoms with Gasteiger partial charge in [-0.05, 0) is 31.5 Å². The second-order valence-electron chi connectivity index (χ2n) is 3.89. The van der Waals surface area contributed by atoms with E-state index in [9.17, 15) is 4.79 Å². The average Bonchev–Trinajstić information content (AvgIpc) is 2.29. The normalized spacial score (nSPS) is 21.2. The maximum absolute atomic E-state index is 11.5. The fourth-order valence-corrected chi connectivity index (χ4v) is 2.52. The topological polar surface area (TPSA) is 67.2 Å². The number of carbonyl (C=O) groups excluding carboxylic acids is 1. The minimum absolute atomic E-state index is 0.0246. The highest BCUT2D eigenvalue weighted by atomic mass is 32.2. The number of hydrazine groups is 1. The number of hydrogen-bond acceptors (Lipinski definition) is 4. The van der Waals surface area contributed by atoms with Gasteiger partial charge < -0.3 is 5.32 Å². The molecule has 5 heteroatoms. The van der Waals surface area contributed by atoms with Crippen molar-refractivity contribution in [2.24, 2.45) is 5.84 Å². The van der Waals surface area contributed by atoms with Crippen LogP contribution in [-0.2, 0) is 4.79 Å². The summed E-state index contributed by atoms with van der Waals surface area (Å²) in [4.78, 5) is 12.6. The number of rotatable bonds is 2. The summed E-state index contributed by atoms with van der Waals surface area (Å²) in [6, 6.07) is 6.10. The van der Waals surface area contributed by atoms with E-state index >= 15 is 0 Å². The number of fused-ring (bicyclic) bond motifs is 1. The maximum Gasteiger partial charge on any atom is 0.237 e. The molecule has 0 radical (unpaired) electrons. The molecular weight excluding hydrogens is 222 g/mol. The first-order chi connectivity index (χ1) is 7.61. The molecule has 0 spiro atoms. The Bertz CT molecular complexity index is 422. The number of carbonyl (C=O) groups is 1. The van der Waals surface area contributed by atoms with Crippen molar-refractivity contribution < 1.29 is 4.79 Å². The van der Waals surface area contributed by atoms with E-state index in [-0.39, 0.29) is 17.2 Å². The number of nitrogens with two attached hydrogens (primary N) is 1. The Hall–Kier alpha value is -1.04. The van der Waals surface area contributed by atoms with Crippen LogP contribution in [0.25, 0.3) is 0 Å². The van der Waals surface area contributed by atoms with Gasteiger partial charge in [0.2, 0.25) is 5.91 Å². The monoisotopic (exact) mass is 237 g/mol. The van der Waals surface area contributed by atoms with E-state index in [0.717, 1.165) is 16.1 Å². The van der Waals surface area contributed by atoms with Gasteiger partial charge in [-0.25, -0.2) is 0 Å². The molecule has 0 saturated carbocycles. The lowest BCUT2D eigenvalue weighted by Gasteiger charge is -2.22. The molecule has 16 heavy (non-hydrogen) atoms. The van der Waals surface area contributed by atoms with E-state index in [1.807, 2.05) is 32.0 Å². The second kappa shape index (κ2) is 4.45. The third-order valence-corrected chi connectivity index (χ3v) is 3.86. The van der Waals surface area contributed by atoms with E-state index in [2.05, 4.69) is 10.7 Å². The summed E-state index contributed by atoms with van der Waals surface area (Å²) in [5.41, 5.74) is 4.64. The Morgan fingerprint density at radius 3 is 3.00 bits per heavy atom. The van der Waals surface area contributed by atoms with Gasteiger partial charge in [0.1, 0.15) is 0 Å². The largest absolute Gasteiger partial charge is 0.324 e. The van der Waals surface area contributed by atoms with Crippen LogP contribution in [0.2, 0.25) is 0 Å². The Morgan fingerprint density at radius 2 is 2.31 bits per heavy atom. The summed E-state index contributed by atoms with van der Waals surface area (Å²) in [5, 5.41) is 2.88. The van der Waals surface area contributed by atoms with Crippen molar-refractivity contribution in [3.05, 3.63) is 23.8 Å².